The van der Waals surface area contributed by atoms with Gasteiger partial charge < -0.3 is 19.3 Å². The molecular formula is C17H22N2O4S. The van der Waals surface area contributed by atoms with Crippen molar-refractivity contribution in [2.75, 3.05) is 39.2 Å². The number of amides is 2. The lowest BCUT2D eigenvalue weighted by atomic mass is 10.1. The highest BCUT2D eigenvalue weighted by atomic mass is 32.2. The van der Waals surface area contributed by atoms with E-state index >= 15 is 0 Å². The molecule has 2 atom stereocenters. The van der Waals surface area contributed by atoms with Crippen molar-refractivity contribution in [2.24, 2.45) is 0 Å². The summed E-state index contributed by atoms with van der Waals surface area (Å²) in [6.45, 7) is 3.85. The Morgan fingerprint density at radius 3 is 2.46 bits per heavy atom. The maximum Gasteiger partial charge on any atom is 0.246 e. The molecule has 0 spiro atoms. The highest BCUT2D eigenvalue weighted by Crippen LogP contribution is 2.42. The van der Waals surface area contributed by atoms with Crippen molar-refractivity contribution in [3.05, 3.63) is 29.8 Å². The minimum Gasteiger partial charge on any atom is -0.497 e. The largest absolute Gasteiger partial charge is 0.497 e. The second-order valence-electron chi connectivity index (χ2n) is 5.84. The number of thioether (sulfide) groups is 1. The summed E-state index contributed by atoms with van der Waals surface area (Å²) in [6, 6.07) is 7.26. The Bertz CT molecular complexity index is 601. The molecule has 130 valence electrons. The topological polar surface area (TPSA) is 59.1 Å². The summed E-state index contributed by atoms with van der Waals surface area (Å²) in [4.78, 5) is 28.6. The summed E-state index contributed by atoms with van der Waals surface area (Å²) < 4.78 is 10.5. The molecule has 24 heavy (non-hydrogen) atoms. The van der Waals surface area contributed by atoms with Crippen LogP contribution in [0.3, 0.4) is 0 Å². The van der Waals surface area contributed by atoms with E-state index in [0.717, 1.165) is 11.3 Å². The quantitative estimate of drug-likeness (QED) is 0.827. The van der Waals surface area contributed by atoms with Crippen LogP contribution in [0.15, 0.2) is 24.3 Å². The number of hydrogen-bond donors (Lipinski definition) is 0. The maximum absolute atomic E-state index is 12.8. The predicted molar refractivity (Wildman–Crippen MR) is 91.9 cm³/mol. The lowest BCUT2D eigenvalue weighted by molar-refractivity contribution is -0.146. The first-order valence-corrected chi connectivity index (χ1v) is 9.07. The van der Waals surface area contributed by atoms with Gasteiger partial charge in [0.05, 0.1) is 20.3 Å². The van der Waals surface area contributed by atoms with Gasteiger partial charge in [0.2, 0.25) is 11.8 Å². The number of rotatable bonds is 3. The second kappa shape index (κ2) is 7.44. The Hall–Kier alpha value is -1.73. The number of methoxy groups -OCH3 is 1. The third-order valence-electron chi connectivity index (χ3n) is 4.37. The van der Waals surface area contributed by atoms with E-state index in [4.69, 9.17) is 9.47 Å². The van der Waals surface area contributed by atoms with Gasteiger partial charge >= 0.3 is 0 Å². The van der Waals surface area contributed by atoms with Crippen LogP contribution in [0.2, 0.25) is 0 Å². The SMILES string of the molecule is COc1ccc([C@H]2SC[C@@H](C(=O)N3CCOCC3)N2C(C)=O)cc1. The molecule has 2 aliphatic heterocycles. The zero-order valence-corrected chi connectivity index (χ0v) is 14.8. The first-order chi connectivity index (χ1) is 11.6. The van der Waals surface area contributed by atoms with E-state index < -0.39 is 6.04 Å². The van der Waals surface area contributed by atoms with Crippen LogP contribution in [0, 0.1) is 0 Å². The highest BCUT2D eigenvalue weighted by Gasteiger charge is 2.42. The zero-order valence-electron chi connectivity index (χ0n) is 13.9. The third kappa shape index (κ3) is 3.37. The van der Waals surface area contributed by atoms with Crippen LogP contribution in [0.4, 0.5) is 0 Å². The number of nitrogens with zero attached hydrogens (tertiary/aromatic N) is 2. The van der Waals surface area contributed by atoms with Gasteiger partial charge in [0.25, 0.3) is 0 Å². The average molecular weight is 350 g/mol. The maximum atomic E-state index is 12.8. The van der Waals surface area contributed by atoms with Gasteiger partial charge in [-0.3, -0.25) is 9.59 Å². The Kier molecular flexibility index (Phi) is 5.30. The molecule has 2 fully saturated rings. The van der Waals surface area contributed by atoms with Crippen LogP contribution in [0.5, 0.6) is 5.75 Å². The Morgan fingerprint density at radius 2 is 1.88 bits per heavy atom. The van der Waals surface area contributed by atoms with Crippen LogP contribution >= 0.6 is 11.8 Å². The molecule has 2 amide bonds. The first kappa shape index (κ1) is 17.1. The molecule has 0 aromatic heterocycles. The highest BCUT2D eigenvalue weighted by molar-refractivity contribution is 7.99. The van der Waals surface area contributed by atoms with Crippen LogP contribution in [0.25, 0.3) is 0 Å². The average Bonchev–Trinajstić information content (AvgIpc) is 3.07. The van der Waals surface area contributed by atoms with E-state index in [1.807, 2.05) is 24.3 Å². The van der Waals surface area contributed by atoms with E-state index in [9.17, 15) is 9.59 Å². The van der Waals surface area contributed by atoms with Gasteiger partial charge in [0.1, 0.15) is 17.2 Å². The summed E-state index contributed by atoms with van der Waals surface area (Å²) in [6.07, 6.45) is 0. The van der Waals surface area contributed by atoms with Gasteiger partial charge in [-0.2, -0.15) is 0 Å². The van der Waals surface area contributed by atoms with Crippen LogP contribution in [-0.2, 0) is 14.3 Å². The summed E-state index contributed by atoms with van der Waals surface area (Å²) >= 11 is 1.63. The molecule has 1 aromatic carbocycles. The Morgan fingerprint density at radius 1 is 1.21 bits per heavy atom. The van der Waals surface area contributed by atoms with Gasteiger partial charge in [-0.25, -0.2) is 0 Å². The lowest BCUT2D eigenvalue weighted by Crippen LogP contribution is -2.52. The zero-order chi connectivity index (χ0) is 17.1. The molecule has 0 N–H and O–H groups in total. The van der Waals surface area contributed by atoms with E-state index in [1.54, 1.807) is 28.7 Å². The van der Waals surface area contributed by atoms with Crippen molar-refractivity contribution < 1.29 is 19.1 Å². The summed E-state index contributed by atoms with van der Waals surface area (Å²) in [7, 11) is 1.62. The minimum absolute atomic E-state index is 0.0250. The fourth-order valence-electron chi connectivity index (χ4n) is 3.10. The fraction of sp³-hybridized carbons (Fsp3) is 0.529. The molecule has 6 nitrogen and oxygen atoms in total. The van der Waals surface area contributed by atoms with Crippen molar-refractivity contribution in [1.29, 1.82) is 0 Å². The molecule has 2 saturated heterocycles. The lowest BCUT2D eigenvalue weighted by Gasteiger charge is -2.33. The summed E-state index contributed by atoms with van der Waals surface area (Å²) in [5.74, 6) is 1.34. The summed E-state index contributed by atoms with van der Waals surface area (Å²) in [5.41, 5.74) is 1.01. The number of carbonyl (C=O) groups excluding carboxylic acids is 2. The molecule has 1 aromatic rings. The summed E-state index contributed by atoms with van der Waals surface area (Å²) in [5, 5.41) is -0.136. The van der Waals surface area contributed by atoms with Crippen molar-refractivity contribution in [3.63, 3.8) is 0 Å². The Labute approximate surface area is 146 Å². The number of hydrogen-bond acceptors (Lipinski definition) is 5. The van der Waals surface area contributed by atoms with E-state index in [-0.39, 0.29) is 17.2 Å². The molecule has 2 aliphatic rings. The molecule has 2 heterocycles. The van der Waals surface area contributed by atoms with Crippen LogP contribution in [-0.4, -0.2) is 66.8 Å². The predicted octanol–water partition coefficient (Wildman–Crippen LogP) is 1.52. The van der Waals surface area contributed by atoms with E-state index in [0.29, 0.717) is 32.1 Å². The van der Waals surface area contributed by atoms with Gasteiger partial charge in [0, 0.05) is 25.8 Å². The van der Waals surface area contributed by atoms with E-state index in [1.165, 1.54) is 6.92 Å². The standard InChI is InChI=1S/C17H22N2O4S/c1-12(20)19-15(16(21)18-7-9-23-10-8-18)11-24-17(19)13-3-5-14(22-2)6-4-13/h3-6,15,17H,7-11H2,1-2H3/t15-,17+/m0/s1. The van der Waals surface area contributed by atoms with Crippen LogP contribution < -0.4 is 4.74 Å². The number of morpholine rings is 1. The van der Waals surface area contributed by atoms with Crippen molar-refractivity contribution in [1.82, 2.24) is 9.80 Å². The normalized spacial score (nSPS) is 24.1. The molecule has 0 saturated carbocycles. The van der Waals surface area contributed by atoms with Gasteiger partial charge in [-0.05, 0) is 17.7 Å². The van der Waals surface area contributed by atoms with Crippen LogP contribution in [0.1, 0.15) is 17.9 Å². The fourth-order valence-corrected chi connectivity index (χ4v) is 4.57. The van der Waals surface area contributed by atoms with E-state index in [2.05, 4.69) is 0 Å². The molecule has 3 rings (SSSR count). The molecule has 0 aliphatic carbocycles. The van der Waals surface area contributed by atoms with Crippen molar-refractivity contribution in [2.45, 2.75) is 18.3 Å². The molecule has 0 radical (unpaired) electrons. The monoisotopic (exact) mass is 350 g/mol. The molecule has 0 unspecified atom stereocenters. The second-order valence-corrected chi connectivity index (χ2v) is 6.95. The van der Waals surface area contributed by atoms with Gasteiger partial charge in [-0.15, -0.1) is 11.8 Å². The molecule has 0 bridgehead atoms. The molecular weight excluding hydrogens is 328 g/mol. The van der Waals surface area contributed by atoms with Gasteiger partial charge in [0.15, 0.2) is 0 Å². The number of benzene rings is 1. The van der Waals surface area contributed by atoms with Crippen molar-refractivity contribution in [3.8, 4) is 5.75 Å². The number of carbonyl (C=O) groups is 2. The van der Waals surface area contributed by atoms with Crippen molar-refractivity contribution >= 4 is 23.6 Å². The Balaban J connectivity index is 1.79. The van der Waals surface area contributed by atoms with Gasteiger partial charge in [-0.1, -0.05) is 12.1 Å². The third-order valence-corrected chi connectivity index (χ3v) is 5.70. The number of ether oxygens (including phenoxy) is 2. The molecule has 7 heteroatoms. The smallest absolute Gasteiger partial charge is 0.246 e. The first-order valence-electron chi connectivity index (χ1n) is 8.03. The minimum atomic E-state index is -0.405.